The number of benzene rings is 9. The molecular formula is C64H36F12N6. The van der Waals surface area contributed by atoms with Gasteiger partial charge in [0.05, 0.1) is 89.1 Å². The highest BCUT2D eigenvalue weighted by atomic mass is 19.4. The summed E-state index contributed by atoms with van der Waals surface area (Å²) in [6, 6.07) is 36.5. The zero-order valence-corrected chi connectivity index (χ0v) is 43.1. The molecule has 0 aliphatic carbocycles. The van der Waals surface area contributed by atoms with Crippen molar-refractivity contribution in [2.45, 2.75) is 52.4 Å². The molecule has 0 aliphatic heterocycles. The average molecular weight is 1120 g/mol. The summed E-state index contributed by atoms with van der Waals surface area (Å²) in [5.74, 6) is 0. The zero-order valence-electron chi connectivity index (χ0n) is 43.1. The van der Waals surface area contributed by atoms with Crippen LogP contribution in [0.1, 0.15) is 55.6 Å². The van der Waals surface area contributed by atoms with Gasteiger partial charge >= 0.3 is 24.7 Å². The van der Waals surface area contributed by atoms with Crippen molar-refractivity contribution in [3.63, 3.8) is 0 Å². The van der Waals surface area contributed by atoms with Crippen LogP contribution >= 0.6 is 0 Å². The normalized spacial score (nSPS) is 12.9. The molecular weight excluding hydrogens is 1080 g/mol. The maximum Gasteiger partial charge on any atom is 0.416 e. The standard InChI is InChI=1S/C64H36F12N6/c1-31-6-14-50-39(21-31)40-22-32(2)7-15-51(40)80(50)58-47(29-77)57(79-49-13-5-33(3)23-41(49)43-25-35(61(65,66)67)9-17-53(43)79)48(30-78)59(60(58)82-52-16-8-34(4)24-42(52)44-26-36(62(68,69)70)12-20-56(44)82)81-54-18-10-37(63(71,72)73)27-45(54)46-28-38(64(74,75)76)11-19-55(46)81/h5-28H,1-4H3. The van der Waals surface area contributed by atoms with Gasteiger partial charge in [-0.15, -0.1) is 0 Å². The molecule has 4 aromatic heterocycles. The van der Waals surface area contributed by atoms with Crippen molar-refractivity contribution >= 4 is 87.2 Å². The summed E-state index contributed by atoms with van der Waals surface area (Å²) >= 11 is 0. The number of rotatable bonds is 4. The first-order valence-corrected chi connectivity index (χ1v) is 25.3. The lowest BCUT2D eigenvalue weighted by molar-refractivity contribution is -0.138. The Morgan fingerprint density at radius 1 is 0.268 bits per heavy atom. The summed E-state index contributed by atoms with van der Waals surface area (Å²) in [7, 11) is 0. The molecule has 0 atom stereocenters. The summed E-state index contributed by atoms with van der Waals surface area (Å²) in [6.07, 6.45) is -19.7. The number of alkyl halides is 12. The SMILES string of the molecule is Cc1ccc2c(c1)c1cc(C(F)(F)F)ccc1n2-c1c(C#N)c(-n2c3ccc(C)cc3c3cc(C)ccc32)c(-n2c3ccc(C)cc3c3cc(C(F)(F)F)ccc32)c(-n2c3ccc(C(F)(F)F)cc3c3cc(C(F)(F)F)ccc32)c1C#N. The third kappa shape index (κ3) is 7.64. The van der Waals surface area contributed by atoms with Crippen LogP contribution in [0.3, 0.4) is 0 Å². The van der Waals surface area contributed by atoms with E-state index in [0.29, 0.717) is 45.1 Å². The Kier molecular flexibility index (Phi) is 11.0. The van der Waals surface area contributed by atoms with Gasteiger partial charge in [0.25, 0.3) is 0 Å². The van der Waals surface area contributed by atoms with Crippen molar-refractivity contribution in [3.05, 3.63) is 201 Å². The molecule has 0 fully saturated rings. The molecule has 0 unspecified atom stereocenters. The third-order valence-corrected chi connectivity index (χ3v) is 15.5. The smallest absolute Gasteiger partial charge is 0.306 e. The van der Waals surface area contributed by atoms with E-state index in [1.54, 1.807) is 83.6 Å². The van der Waals surface area contributed by atoms with E-state index in [1.807, 2.05) is 26.0 Å². The highest BCUT2D eigenvalue weighted by Crippen LogP contribution is 2.51. The molecule has 82 heavy (non-hydrogen) atoms. The summed E-state index contributed by atoms with van der Waals surface area (Å²) in [5.41, 5.74) is -2.01. The van der Waals surface area contributed by atoms with Gasteiger partial charge in [-0.1, -0.05) is 46.5 Å². The van der Waals surface area contributed by atoms with Gasteiger partial charge in [0, 0.05) is 43.1 Å². The number of hydrogen-bond acceptors (Lipinski definition) is 2. The third-order valence-electron chi connectivity index (χ3n) is 15.5. The van der Waals surface area contributed by atoms with Gasteiger partial charge in [-0.3, -0.25) is 0 Å². The van der Waals surface area contributed by atoms with Crippen molar-refractivity contribution in [1.82, 2.24) is 18.3 Å². The Morgan fingerprint density at radius 2 is 0.463 bits per heavy atom. The Morgan fingerprint density at radius 3 is 0.683 bits per heavy atom. The summed E-state index contributed by atoms with van der Waals surface area (Å²) in [6.45, 7) is 7.17. The molecule has 0 bridgehead atoms. The van der Waals surface area contributed by atoms with E-state index in [9.17, 15) is 63.2 Å². The van der Waals surface area contributed by atoms with Gasteiger partial charge in [0.15, 0.2) is 0 Å². The number of nitriles is 2. The minimum Gasteiger partial charge on any atom is -0.306 e. The van der Waals surface area contributed by atoms with Crippen molar-refractivity contribution in [3.8, 4) is 34.9 Å². The lowest BCUT2D eigenvalue weighted by Gasteiger charge is -2.27. The highest BCUT2D eigenvalue weighted by molar-refractivity contribution is 6.16. The first-order valence-electron chi connectivity index (χ1n) is 25.3. The number of fused-ring (bicyclic) bond motifs is 12. The minimum absolute atomic E-state index is 0.0464. The van der Waals surface area contributed by atoms with Gasteiger partial charge in [-0.25, -0.2) is 0 Å². The molecule has 0 radical (unpaired) electrons. The molecule has 13 rings (SSSR count). The number of hydrogen-bond donors (Lipinski definition) is 0. The number of aryl methyl sites for hydroxylation is 4. The van der Waals surface area contributed by atoms with Crippen LogP contribution in [0.4, 0.5) is 52.7 Å². The van der Waals surface area contributed by atoms with Crippen LogP contribution in [0.2, 0.25) is 0 Å². The fourth-order valence-electron chi connectivity index (χ4n) is 12.0. The van der Waals surface area contributed by atoms with Crippen LogP contribution in [-0.2, 0) is 24.7 Å². The maximum atomic E-state index is 14.9. The Labute approximate surface area is 455 Å². The molecule has 0 saturated heterocycles. The van der Waals surface area contributed by atoms with Crippen LogP contribution in [0.25, 0.3) is 110 Å². The molecule has 406 valence electrons. The van der Waals surface area contributed by atoms with E-state index < -0.39 is 52.5 Å². The summed E-state index contributed by atoms with van der Waals surface area (Å²) in [5, 5.41) is 25.8. The topological polar surface area (TPSA) is 67.3 Å². The van der Waals surface area contributed by atoms with Gasteiger partial charge in [-0.2, -0.15) is 63.2 Å². The predicted molar refractivity (Wildman–Crippen MR) is 292 cm³/mol. The molecule has 0 spiro atoms. The highest BCUT2D eigenvalue weighted by Gasteiger charge is 2.39. The lowest BCUT2D eigenvalue weighted by Crippen LogP contribution is -2.17. The largest absolute Gasteiger partial charge is 0.416 e. The van der Waals surface area contributed by atoms with Gasteiger partial charge < -0.3 is 18.3 Å². The quantitative estimate of drug-likeness (QED) is 0.165. The molecule has 0 aliphatic rings. The Hall–Kier alpha value is -9.68. The average Bonchev–Trinajstić information content (AvgIpc) is 4.25. The molecule has 9 aromatic carbocycles. The lowest BCUT2D eigenvalue weighted by atomic mass is 9.98. The molecule has 18 heteroatoms. The van der Waals surface area contributed by atoms with Crippen molar-refractivity contribution < 1.29 is 52.7 Å². The fourth-order valence-corrected chi connectivity index (χ4v) is 12.0. The fraction of sp³-hybridized carbons (Fsp3) is 0.125. The zero-order chi connectivity index (χ0) is 58.0. The van der Waals surface area contributed by atoms with E-state index in [1.165, 1.54) is 21.3 Å². The van der Waals surface area contributed by atoms with Crippen LogP contribution in [-0.4, -0.2) is 18.3 Å². The number of nitrogens with zero attached hydrogens (tertiary/aromatic N) is 6. The van der Waals surface area contributed by atoms with E-state index in [0.717, 1.165) is 59.7 Å². The molecule has 0 N–H and O–H groups in total. The second kappa shape index (κ2) is 17.4. The second-order valence-corrected chi connectivity index (χ2v) is 20.7. The van der Waals surface area contributed by atoms with Gasteiger partial charge in [0.1, 0.15) is 23.3 Å². The summed E-state index contributed by atoms with van der Waals surface area (Å²) in [4.78, 5) is 0. The van der Waals surface area contributed by atoms with Crippen LogP contribution in [0, 0.1) is 50.4 Å². The van der Waals surface area contributed by atoms with E-state index in [2.05, 4.69) is 12.1 Å². The van der Waals surface area contributed by atoms with Crippen LogP contribution in [0.5, 0.6) is 0 Å². The molecule has 0 saturated carbocycles. The Balaban J connectivity index is 1.38. The molecule has 13 aromatic rings. The monoisotopic (exact) mass is 1120 g/mol. The van der Waals surface area contributed by atoms with Crippen molar-refractivity contribution in [1.29, 1.82) is 10.5 Å². The van der Waals surface area contributed by atoms with Crippen LogP contribution < -0.4 is 0 Å². The van der Waals surface area contributed by atoms with Crippen LogP contribution in [0.15, 0.2) is 146 Å². The molecule has 0 amide bonds. The van der Waals surface area contributed by atoms with E-state index >= 15 is 0 Å². The van der Waals surface area contributed by atoms with Crippen molar-refractivity contribution in [2.24, 2.45) is 0 Å². The predicted octanol–water partition coefficient (Wildman–Crippen LogP) is 19.1. The molecule has 4 heterocycles. The second-order valence-electron chi connectivity index (χ2n) is 20.7. The number of halogens is 12. The first kappa shape index (κ1) is 51.7. The minimum atomic E-state index is -5.02. The van der Waals surface area contributed by atoms with E-state index in [4.69, 9.17) is 0 Å². The first-order chi connectivity index (χ1) is 38.8. The number of aromatic nitrogens is 4. The van der Waals surface area contributed by atoms with Gasteiger partial charge in [-0.05, 0) is 149 Å². The van der Waals surface area contributed by atoms with Crippen molar-refractivity contribution in [2.75, 3.05) is 0 Å². The Bertz CT molecular complexity index is 4930. The maximum absolute atomic E-state index is 14.9. The summed E-state index contributed by atoms with van der Waals surface area (Å²) < 4.78 is 184. The van der Waals surface area contributed by atoms with Gasteiger partial charge in [0.2, 0.25) is 0 Å². The molecule has 6 nitrogen and oxygen atoms in total. The van der Waals surface area contributed by atoms with E-state index in [-0.39, 0.29) is 93.7 Å².